The topological polar surface area (TPSA) is 72.9 Å². The zero-order valence-corrected chi connectivity index (χ0v) is 13.7. The Kier molecular flexibility index (Phi) is 2.55. The van der Waals surface area contributed by atoms with Gasteiger partial charge in [-0.25, -0.2) is 0 Å². The van der Waals surface area contributed by atoms with Gasteiger partial charge in [0.05, 0.1) is 11.3 Å². The predicted molar refractivity (Wildman–Crippen MR) is 92.2 cm³/mol. The molecule has 0 radical (unpaired) electrons. The van der Waals surface area contributed by atoms with E-state index in [1.54, 1.807) is 31.3 Å². The van der Waals surface area contributed by atoms with E-state index in [1.807, 2.05) is 24.3 Å². The minimum absolute atomic E-state index is 0.246. The number of fused-ring (bicyclic) bond motifs is 3. The van der Waals surface area contributed by atoms with Gasteiger partial charge in [-0.2, -0.15) is 0 Å². The summed E-state index contributed by atoms with van der Waals surface area (Å²) in [4.78, 5) is 29.7. The van der Waals surface area contributed by atoms with E-state index in [0.717, 1.165) is 0 Å². The van der Waals surface area contributed by atoms with E-state index in [4.69, 9.17) is 0 Å². The Balaban J connectivity index is 1.79. The summed E-state index contributed by atoms with van der Waals surface area (Å²) in [7, 11) is 1.65. The fraction of sp³-hybridized carbons (Fsp3) is 0.263. The van der Waals surface area contributed by atoms with E-state index in [9.17, 15) is 14.7 Å². The van der Waals surface area contributed by atoms with Gasteiger partial charge < -0.3 is 20.2 Å². The van der Waals surface area contributed by atoms with Gasteiger partial charge in [0.25, 0.3) is 11.8 Å². The standard InChI is InChI=1S/C19H17N3O3/c1-21-15-9-5-2-6-12(15)16(23)22-11-10-18(25)13-7-3-4-8-14(13)20-19(18,22)17(21)24/h2-9,20,25H,10-11H2,1H3/t18-,19+/m0/s1. The molecule has 0 bridgehead atoms. The number of benzene rings is 2. The molecule has 1 spiro atoms. The number of carbonyl (C=O) groups is 2. The van der Waals surface area contributed by atoms with Crippen LogP contribution in [0, 0.1) is 0 Å². The molecule has 2 N–H and O–H groups in total. The Morgan fingerprint density at radius 3 is 2.64 bits per heavy atom. The van der Waals surface area contributed by atoms with Crippen molar-refractivity contribution in [2.75, 3.05) is 23.8 Å². The summed E-state index contributed by atoms with van der Waals surface area (Å²) in [6.07, 6.45) is 0.310. The molecule has 3 aliphatic rings. The van der Waals surface area contributed by atoms with Crippen LogP contribution in [0.2, 0.25) is 0 Å². The maximum absolute atomic E-state index is 13.5. The molecule has 6 nitrogen and oxygen atoms in total. The summed E-state index contributed by atoms with van der Waals surface area (Å²) in [6.45, 7) is 0.310. The number of hydrogen-bond donors (Lipinski definition) is 2. The molecule has 2 atom stereocenters. The molecule has 0 saturated carbocycles. The van der Waals surface area contributed by atoms with E-state index >= 15 is 0 Å². The molecule has 1 saturated heterocycles. The number of carbonyl (C=O) groups excluding carboxylic acids is 2. The predicted octanol–water partition coefficient (Wildman–Crippen LogP) is 1.52. The second-order valence-electron chi connectivity index (χ2n) is 6.83. The molecule has 5 rings (SSSR count). The summed E-state index contributed by atoms with van der Waals surface area (Å²) in [5.74, 6) is -0.577. The Hall–Kier alpha value is -2.86. The average Bonchev–Trinajstić information content (AvgIpc) is 3.05. The molecule has 126 valence electrons. The van der Waals surface area contributed by atoms with Gasteiger partial charge in [-0.05, 0) is 18.2 Å². The maximum Gasteiger partial charge on any atom is 0.277 e. The van der Waals surface area contributed by atoms with Crippen LogP contribution in [0.4, 0.5) is 11.4 Å². The number of amides is 2. The van der Waals surface area contributed by atoms with E-state index in [1.165, 1.54) is 9.80 Å². The van der Waals surface area contributed by atoms with Gasteiger partial charge in [-0.15, -0.1) is 0 Å². The molecule has 3 heterocycles. The lowest BCUT2D eigenvalue weighted by Crippen LogP contribution is -2.67. The fourth-order valence-electron chi connectivity index (χ4n) is 4.54. The van der Waals surface area contributed by atoms with Crippen LogP contribution in [0.25, 0.3) is 0 Å². The van der Waals surface area contributed by atoms with E-state index in [0.29, 0.717) is 35.5 Å². The third-order valence-electron chi connectivity index (χ3n) is 5.74. The second-order valence-corrected chi connectivity index (χ2v) is 6.83. The lowest BCUT2D eigenvalue weighted by Gasteiger charge is -2.40. The average molecular weight is 335 g/mol. The SMILES string of the molecule is CN1C(=O)[C@]23Nc4ccccc4[C@@]2(O)CCN3C(=O)c2ccccc21. The van der Waals surface area contributed by atoms with Crippen LogP contribution in [0.3, 0.4) is 0 Å². The first-order valence-electron chi connectivity index (χ1n) is 8.30. The Bertz CT molecular complexity index is 943. The minimum Gasteiger partial charge on any atom is -0.380 e. The second kappa shape index (κ2) is 4.40. The van der Waals surface area contributed by atoms with Crippen molar-refractivity contribution in [3.05, 3.63) is 59.7 Å². The molecular formula is C19H17N3O3. The normalized spacial score (nSPS) is 29.5. The highest BCUT2D eigenvalue weighted by Crippen LogP contribution is 2.55. The van der Waals surface area contributed by atoms with Gasteiger partial charge in [-0.1, -0.05) is 30.3 Å². The van der Waals surface area contributed by atoms with Crippen molar-refractivity contribution in [1.82, 2.24) is 4.90 Å². The lowest BCUT2D eigenvalue weighted by molar-refractivity contribution is -0.136. The summed E-state index contributed by atoms with van der Waals surface area (Å²) in [6, 6.07) is 14.4. The number of hydrogen-bond acceptors (Lipinski definition) is 4. The van der Waals surface area contributed by atoms with Crippen LogP contribution in [-0.2, 0) is 10.4 Å². The first-order chi connectivity index (χ1) is 12.0. The monoisotopic (exact) mass is 335 g/mol. The highest BCUT2D eigenvalue weighted by molar-refractivity contribution is 6.15. The fourth-order valence-corrected chi connectivity index (χ4v) is 4.54. The van der Waals surface area contributed by atoms with Gasteiger partial charge >= 0.3 is 0 Å². The van der Waals surface area contributed by atoms with Gasteiger partial charge in [0.15, 0.2) is 0 Å². The smallest absolute Gasteiger partial charge is 0.277 e. The summed E-state index contributed by atoms with van der Waals surface area (Å²) >= 11 is 0. The highest BCUT2D eigenvalue weighted by Gasteiger charge is 2.71. The van der Waals surface area contributed by atoms with E-state index in [-0.39, 0.29) is 11.8 Å². The molecular weight excluding hydrogens is 318 g/mol. The van der Waals surface area contributed by atoms with E-state index < -0.39 is 11.3 Å². The van der Waals surface area contributed by atoms with Gasteiger partial charge in [0, 0.05) is 31.3 Å². The number of nitrogens with one attached hydrogen (secondary N) is 1. The Labute approximate surface area is 144 Å². The quantitative estimate of drug-likeness (QED) is 0.766. The van der Waals surface area contributed by atoms with Crippen LogP contribution < -0.4 is 10.2 Å². The summed E-state index contributed by atoms with van der Waals surface area (Å²) in [5, 5.41) is 14.8. The molecule has 3 aliphatic heterocycles. The molecule has 0 aliphatic carbocycles. The third-order valence-corrected chi connectivity index (χ3v) is 5.74. The molecule has 2 amide bonds. The number of anilines is 2. The zero-order valence-electron chi connectivity index (χ0n) is 13.7. The van der Waals surface area contributed by atoms with Crippen LogP contribution in [-0.4, -0.2) is 41.1 Å². The van der Waals surface area contributed by atoms with Crippen molar-refractivity contribution >= 4 is 23.2 Å². The first kappa shape index (κ1) is 14.5. The van der Waals surface area contributed by atoms with E-state index in [2.05, 4.69) is 5.32 Å². The van der Waals surface area contributed by atoms with Crippen molar-refractivity contribution in [3.63, 3.8) is 0 Å². The van der Waals surface area contributed by atoms with Crippen LogP contribution in [0.5, 0.6) is 0 Å². The van der Waals surface area contributed by atoms with Gasteiger partial charge in [-0.3, -0.25) is 9.59 Å². The number of aliphatic hydroxyl groups is 1. The number of likely N-dealkylation sites (N-methyl/N-ethyl adjacent to an activating group) is 1. The largest absolute Gasteiger partial charge is 0.380 e. The number of rotatable bonds is 0. The molecule has 6 heteroatoms. The third kappa shape index (κ3) is 1.45. The van der Waals surface area contributed by atoms with Crippen molar-refractivity contribution in [1.29, 1.82) is 0 Å². The molecule has 25 heavy (non-hydrogen) atoms. The van der Waals surface area contributed by atoms with Crippen LogP contribution >= 0.6 is 0 Å². The zero-order chi connectivity index (χ0) is 17.4. The van der Waals surface area contributed by atoms with Gasteiger partial charge in [0.2, 0.25) is 5.66 Å². The Morgan fingerprint density at radius 2 is 1.80 bits per heavy atom. The van der Waals surface area contributed by atoms with Crippen molar-refractivity contribution < 1.29 is 14.7 Å². The molecule has 0 aromatic heterocycles. The lowest BCUT2D eigenvalue weighted by atomic mass is 9.84. The summed E-state index contributed by atoms with van der Waals surface area (Å²) < 4.78 is 0. The Morgan fingerprint density at radius 1 is 1.08 bits per heavy atom. The summed E-state index contributed by atoms with van der Waals surface area (Å²) in [5.41, 5.74) is -0.583. The van der Waals surface area contributed by atoms with Crippen molar-refractivity contribution in [2.45, 2.75) is 17.7 Å². The minimum atomic E-state index is -1.51. The van der Waals surface area contributed by atoms with Gasteiger partial charge in [0.1, 0.15) is 5.60 Å². The maximum atomic E-state index is 13.5. The number of para-hydroxylation sites is 2. The van der Waals surface area contributed by atoms with Crippen molar-refractivity contribution in [2.24, 2.45) is 0 Å². The van der Waals surface area contributed by atoms with Crippen LogP contribution in [0.1, 0.15) is 22.3 Å². The number of nitrogens with zero attached hydrogens (tertiary/aromatic N) is 2. The van der Waals surface area contributed by atoms with Crippen LogP contribution in [0.15, 0.2) is 48.5 Å². The molecule has 1 fully saturated rings. The molecule has 0 unspecified atom stereocenters. The molecule has 2 aromatic rings. The highest BCUT2D eigenvalue weighted by atomic mass is 16.3. The first-order valence-corrected chi connectivity index (χ1v) is 8.30. The van der Waals surface area contributed by atoms with Crippen molar-refractivity contribution in [3.8, 4) is 0 Å². The molecule has 2 aromatic carbocycles.